The number of rotatable bonds is 9. The second-order valence-electron chi connectivity index (χ2n) is 6.82. The summed E-state index contributed by atoms with van der Waals surface area (Å²) >= 11 is 0. The first-order valence-corrected chi connectivity index (χ1v) is 9.78. The van der Waals surface area contributed by atoms with E-state index in [9.17, 15) is 4.79 Å². The van der Waals surface area contributed by atoms with Gasteiger partial charge in [0.2, 0.25) is 0 Å². The Morgan fingerprint density at radius 2 is 1.75 bits per heavy atom. The van der Waals surface area contributed by atoms with Crippen LogP contribution in [0, 0.1) is 0 Å². The van der Waals surface area contributed by atoms with Crippen LogP contribution in [0.4, 0.5) is 5.69 Å². The molecule has 3 rings (SSSR count). The van der Waals surface area contributed by atoms with Crippen molar-refractivity contribution in [3.05, 3.63) is 54.1 Å². The topological polar surface area (TPSA) is 62.2 Å². The number of nitrogens with zero attached hydrogens (tertiary/aromatic N) is 2. The molecule has 0 saturated carbocycles. The van der Waals surface area contributed by atoms with Crippen molar-refractivity contribution in [1.82, 2.24) is 4.90 Å². The van der Waals surface area contributed by atoms with E-state index in [2.05, 4.69) is 21.9 Å². The van der Waals surface area contributed by atoms with Gasteiger partial charge in [0.25, 0.3) is 0 Å². The van der Waals surface area contributed by atoms with Crippen LogP contribution in [-0.2, 0) is 11.2 Å². The van der Waals surface area contributed by atoms with E-state index in [1.54, 1.807) is 12.1 Å². The summed E-state index contributed by atoms with van der Waals surface area (Å²) in [4.78, 5) is 15.5. The average molecular weight is 384 g/mol. The molecule has 0 atom stereocenters. The van der Waals surface area contributed by atoms with E-state index in [0.717, 1.165) is 49.8 Å². The van der Waals surface area contributed by atoms with Gasteiger partial charge < -0.3 is 19.5 Å². The summed E-state index contributed by atoms with van der Waals surface area (Å²) in [5, 5.41) is 8.80. The van der Waals surface area contributed by atoms with Crippen LogP contribution < -0.4 is 14.4 Å². The van der Waals surface area contributed by atoms with Crippen molar-refractivity contribution < 1.29 is 19.4 Å². The van der Waals surface area contributed by atoms with Gasteiger partial charge in [0.15, 0.2) is 0 Å². The average Bonchev–Trinajstić information content (AvgIpc) is 2.70. The van der Waals surface area contributed by atoms with Crippen molar-refractivity contribution in [1.29, 1.82) is 0 Å². The number of anilines is 1. The van der Waals surface area contributed by atoms with Gasteiger partial charge >= 0.3 is 5.97 Å². The lowest BCUT2D eigenvalue weighted by Gasteiger charge is -2.36. The van der Waals surface area contributed by atoms with E-state index < -0.39 is 5.97 Å². The molecule has 2 aromatic carbocycles. The third-order valence-corrected chi connectivity index (χ3v) is 4.82. The van der Waals surface area contributed by atoms with E-state index >= 15 is 0 Å². The minimum absolute atomic E-state index is 0.0397. The van der Waals surface area contributed by atoms with Crippen molar-refractivity contribution in [3.8, 4) is 11.5 Å². The highest BCUT2D eigenvalue weighted by Crippen LogP contribution is 2.22. The molecule has 28 heavy (non-hydrogen) atoms. The lowest BCUT2D eigenvalue weighted by Crippen LogP contribution is -2.47. The minimum atomic E-state index is -0.822. The highest BCUT2D eigenvalue weighted by atomic mass is 16.5. The van der Waals surface area contributed by atoms with Gasteiger partial charge in [0.05, 0.1) is 13.0 Å². The smallest absolute Gasteiger partial charge is 0.307 e. The van der Waals surface area contributed by atoms with Gasteiger partial charge in [-0.2, -0.15) is 0 Å². The number of hydrogen-bond acceptors (Lipinski definition) is 5. The molecule has 1 N–H and O–H groups in total. The zero-order valence-corrected chi connectivity index (χ0v) is 16.3. The lowest BCUT2D eigenvalue weighted by atomic mass is 10.1. The van der Waals surface area contributed by atoms with E-state index in [1.165, 1.54) is 5.69 Å². The number of ether oxygens (including phenoxy) is 2. The summed E-state index contributed by atoms with van der Waals surface area (Å²) in [7, 11) is 0. The Morgan fingerprint density at radius 3 is 2.43 bits per heavy atom. The summed E-state index contributed by atoms with van der Waals surface area (Å²) in [5.74, 6) is 0.878. The standard InChI is InChI=1S/C22H28N2O4/c1-2-27-21-5-3-4-19(17-21)24-12-10-23(11-13-24)14-15-28-20-8-6-18(7-9-20)16-22(25)26/h3-9,17H,2,10-16H2,1H3,(H,25,26). The van der Waals surface area contributed by atoms with Gasteiger partial charge in [-0.3, -0.25) is 9.69 Å². The van der Waals surface area contributed by atoms with Gasteiger partial charge in [-0.25, -0.2) is 0 Å². The zero-order chi connectivity index (χ0) is 19.8. The van der Waals surface area contributed by atoms with Crippen molar-refractivity contribution in [2.45, 2.75) is 13.3 Å². The number of aliphatic carboxylic acids is 1. The third kappa shape index (κ3) is 5.89. The Kier molecular flexibility index (Phi) is 7.14. The molecule has 1 fully saturated rings. The van der Waals surface area contributed by atoms with Crippen molar-refractivity contribution in [2.24, 2.45) is 0 Å². The summed E-state index contributed by atoms with van der Waals surface area (Å²) in [5.41, 5.74) is 1.99. The van der Waals surface area contributed by atoms with Crippen LogP contribution in [0.3, 0.4) is 0 Å². The Labute approximate surface area is 166 Å². The molecule has 2 aromatic rings. The summed E-state index contributed by atoms with van der Waals surface area (Å²) in [6.45, 7) is 8.15. The third-order valence-electron chi connectivity index (χ3n) is 4.82. The van der Waals surface area contributed by atoms with Crippen LogP contribution in [0.2, 0.25) is 0 Å². The molecule has 6 heteroatoms. The summed E-state index contributed by atoms with van der Waals surface area (Å²) in [6.07, 6.45) is 0.0397. The van der Waals surface area contributed by atoms with Crippen molar-refractivity contribution >= 4 is 11.7 Å². The number of carboxylic acid groups (broad SMARTS) is 1. The fourth-order valence-corrected chi connectivity index (χ4v) is 3.34. The summed E-state index contributed by atoms with van der Waals surface area (Å²) in [6, 6.07) is 15.6. The molecule has 1 heterocycles. The molecule has 150 valence electrons. The number of carboxylic acids is 1. The zero-order valence-electron chi connectivity index (χ0n) is 16.3. The minimum Gasteiger partial charge on any atom is -0.494 e. The second-order valence-corrected chi connectivity index (χ2v) is 6.82. The maximum Gasteiger partial charge on any atom is 0.307 e. The molecule has 0 aromatic heterocycles. The fourth-order valence-electron chi connectivity index (χ4n) is 3.34. The van der Waals surface area contributed by atoms with E-state index in [4.69, 9.17) is 14.6 Å². The van der Waals surface area contributed by atoms with Gasteiger partial charge in [-0.15, -0.1) is 0 Å². The maximum atomic E-state index is 10.7. The maximum absolute atomic E-state index is 10.7. The quantitative estimate of drug-likeness (QED) is 0.717. The van der Waals surface area contributed by atoms with Crippen LogP contribution in [0.1, 0.15) is 12.5 Å². The van der Waals surface area contributed by atoms with E-state index in [0.29, 0.717) is 13.2 Å². The highest BCUT2D eigenvalue weighted by molar-refractivity contribution is 5.70. The van der Waals surface area contributed by atoms with Gasteiger partial charge in [-0.05, 0) is 36.8 Å². The summed E-state index contributed by atoms with van der Waals surface area (Å²) < 4.78 is 11.4. The van der Waals surface area contributed by atoms with Crippen LogP contribution in [0.15, 0.2) is 48.5 Å². The van der Waals surface area contributed by atoms with Crippen LogP contribution in [0.5, 0.6) is 11.5 Å². The molecule has 0 bridgehead atoms. The van der Waals surface area contributed by atoms with Crippen LogP contribution >= 0.6 is 0 Å². The fraction of sp³-hybridized carbons (Fsp3) is 0.409. The first-order valence-electron chi connectivity index (χ1n) is 9.78. The first-order chi connectivity index (χ1) is 13.6. The number of carbonyl (C=O) groups is 1. The van der Waals surface area contributed by atoms with Crippen LogP contribution in [0.25, 0.3) is 0 Å². The molecule has 6 nitrogen and oxygen atoms in total. The molecule has 0 radical (unpaired) electrons. The Bertz CT molecular complexity index is 755. The molecular weight excluding hydrogens is 356 g/mol. The normalized spacial score (nSPS) is 14.7. The van der Waals surface area contributed by atoms with Gasteiger partial charge in [0.1, 0.15) is 18.1 Å². The second kappa shape index (κ2) is 9.99. The first kappa shape index (κ1) is 20.0. The van der Waals surface area contributed by atoms with Gasteiger partial charge in [0, 0.05) is 44.5 Å². The molecular formula is C22H28N2O4. The number of hydrogen-bond donors (Lipinski definition) is 1. The van der Waals surface area contributed by atoms with E-state index in [-0.39, 0.29) is 6.42 Å². The molecule has 1 aliphatic rings. The molecule has 0 amide bonds. The Balaban J connectivity index is 1.40. The Hall–Kier alpha value is -2.73. The molecule has 0 unspecified atom stereocenters. The largest absolute Gasteiger partial charge is 0.494 e. The molecule has 1 aliphatic heterocycles. The Morgan fingerprint density at radius 1 is 1.00 bits per heavy atom. The van der Waals surface area contributed by atoms with Crippen molar-refractivity contribution in [3.63, 3.8) is 0 Å². The predicted molar refractivity (Wildman–Crippen MR) is 110 cm³/mol. The molecule has 0 aliphatic carbocycles. The van der Waals surface area contributed by atoms with Crippen LogP contribution in [-0.4, -0.2) is 61.9 Å². The SMILES string of the molecule is CCOc1cccc(N2CCN(CCOc3ccc(CC(=O)O)cc3)CC2)c1. The monoisotopic (exact) mass is 384 g/mol. The predicted octanol–water partition coefficient (Wildman–Crippen LogP) is 2.91. The lowest BCUT2D eigenvalue weighted by molar-refractivity contribution is -0.136. The van der Waals surface area contributed by atoms with Gasteiger partial charge in [-0.1, -0.05) is 18.2 Å². The molecule has 0 spiro atoms. The van der Waals surface area contributed by atoms with Crippen molar-refractivity contribution in [2.75, 3.05) is 50.8 Å². The number of benzene rings is 2. The van der Waals surface area contributed by atoms with E-state index in [1.807, 2.05) is 31.2 Å². The highest BCUT2D eigenvalue weighted by Gasteiger charge is 2.17. The number of piperazine rings is 1. The molecule has 1 saturated heterocycles.